The topological polar surface area (TPSA) is 23.5 Å². The summed E-state index contributed by atoms with van der Waals surface area (Å²) in [7, 11) is 0. The van der Waals surface area contributed by atoms with Gasteiger partial charge in [0.1, 0.15) is 5.75 Å². The summed E-state index contributed by atoms with van der Waals surface area (Å²) in [6.45, 7) is 4.64. The highest BCUT2D eigenvalue weighted by Gasteiger charge is 2.16. The van der Waals surface area contributed by atoms with Crippen molar-refractivity contribution >= 4 is 5.69 Å². The van der Waals surface area contributed by atoms with Crippen molar-refractivity contribution in [1.82, 2.24) is 0 Å². The molecule has 1 aliphatic rings. The lowest BCUT2D eigenvalue weighted by Gasteiger charge is -2.31. The van der Waals surface area contributed by atoms with Gasteiger partial charge >= 0.3 is 0 Å². The molecule has 0 unspecified atom stereocenters. The standard InChI is InChI=1S/C25H43NO/c1-2-3-4-5-6-7-8-9-10-11-12-13-14-15-20-26-21-16-17-23-22-24(27)18-19-25(23)26/h18-19,22,27H,2-17,20-21H2,1H3. The SMILES string of the molecule is CCCCCCCCCCCCCCCCN1CCCc2cc(O)ccc21. The predicted molar refractivity (Wildman–Crippen MR) is 119 cm³/mol. The fraction of sp³-hybridized carbons (Fsp3) is 0.760. The summed E-state index contributed by atoms with van der Waals surface area (Å²) < 4.78 is 0. The van der Waals surface area contributed by atoms with E-state index >= 15 is 0 Å². The van der Waals surface area contributed by atoms with E-state index in [4.69, 9.17) is 0 Å². The molecule has 0 saturated heterocycles. The summed E-state index contributed by atoms with van der Waals surface area (Å²) in [6, 6.07) is 5.89. The Hall–Kier alpha value is -1.18. The second-order valence-corrected chi connectivity index (χ2v) is 8.50. The molecule has 1 N–H and O–H groups in total. The summed E-state index contributed by atoms with van der Waals surface area (Å²) in [5, 5.41) is 9.66. The first-order valence-electron chi connectivity index (χ1n) is 11.9. The number of phenols is 1. The molecule has 2 rings (SSSR count). The average molecular weight is 374 g/mol. The van der Waals surface area contributed by atoms with Crippen LogP contribution in [0.15, 0.2) is 18.2 Å². The average Bonchev–Trinajstić information content (AvgIpc) is 2.68. The van der Waals surface area contributed by atoms with Gasteiger partial charge in [0.25, 0.3) is 0 Å². The second-order valence-electron chi connectivity index (χ2n) is 8.50. The number of hydrogen-bond donors (Lipinski definition) is 1. The number of phenolic OH excluding ortho intramolecular Hbond substituents is 1. The Morgan fingerprint density at radius 2 is 1.33 bits per heavy atom. The summed E-state index contributed by atoms with van der Waals surface area (Å²) in [6.07, 6.45) is 22.2. The predicted octanol–water partition coefficient (Wildman–Crippen LogP) is 7.63. The minimum absolute atomic E-state index is 0.409. The number of unbranched alkanes of at least 4 members (excludes halogenated alkanes) is 13. The Morgan fingerprint density at radius 3 is 1.93 bits per heavy atom. The molecule has 1 aliphatic heterocycles. The number of nitrogens with zero attached hydrogens (tertiary/aromatic N) is 1. The first kappa shape index (κ1) is 22.1. The van der Waals surface area contributed by atoms with Crippen LogP contribution in [0.4, 0.5) is 5.69 Å². The molecule has 0 radical (unpaired) electrons. The number of hydrogen-bond acceptors (Lipinski definition) is 2. The molecule has 0 saturated carbocycles. The van der Waals surface area contributed by atoms with E-state index in [-0.39, 0.29) is 0 Å². The van der Waals surface area contributed by atoms with Crippen molar-refractivity contribution in [1.29, 1.82) is 0 Å². The second kappa shape index (κ2) is 13.9. The van der Waals surface area contributed by atoms with E-state index in [2.05, 4.69) is 17.9 Å². The summed E-state index contributed by atoms with van der Waals surface area (Å²) in [5.41, 5.74) is 2.68. The van der Waals surface area contributed by atoms with E-state index in [1.807, 2.05) is 12.1 Å². The van der Waals surface area contributed by atoms with E-state index in [0.29, 0.717) is 5.75 Å². The van der Waals surface area contributed by atoms with Crippen LogP contribution in [0.5, 0.6) is 5.75 Å². The molecular weight excluding hydrogens is 330 g/mol. The van der Waals surface area contributed by atoms with Gasteiger partial charge in [0, 0.05) is 18.8 Å². The van der Waals surface area contributed by atoms with E-state index in [9.17, 15) is 5.11 Å². The molecule has 1 aromatic carbocycles. The monoisotopic (exact) mass is 373 g/mol. The van der Waals surface area contributed by atoms with Crippen molar-refractivity contribution in [3.8, 4) is 5.75 Å². The van der Waals surface area contributed by atoms with Crippen LogP contribution >= 0.6 is 0 Å². The van der Waals surface area contributed by atoms with Crippen LogP contribution in [-0.2, 0) is 6.42 Å². The minimum atomic E-state index is 0.409. The highest BCUT2D eigenvalue weighted by Crippen LogP contribution is 2.30. The highest BCUT2D eigenvalue weighted by molar-refractivity contribution is 5.57. The molecule has 27 heavy (non-hydrogen) atoms. The Morgan fingerprint density at radius 1 is 0.778 bits per heavy atom. The number of anilines is 1. The van der Waals surface area contributed by atoms with Gasteiger partial charge in [-0.05, 0) is 43.0 Å². The fourth-order valence-electron chi connectivity index (χ4n) is 4.39. The van der Waals surface area contributed by atoms with Gasteiger partial charge in [0.15, 0.2) is 0 Å². The van der Waals surface area contributed by atoms with Crippen molar-refractivity contribution in [2.45, 2.75) is 110 Å². The molecule has 0 fully saturated rings. The maximum absolute atomic E-state index is 9.66. The third-order valence-corrected chi connectivity index (χ3v) is 6.06. The molecule has 2 nitrogen and oxygen atoms in total. The first-order chi connectivity index (χ1) is 13.3. The largest absolute Gasteiger partial charge is 0.508 e. The van der Waals surface area contributed by atoms with Crippen molar-refractivity contribution in [3.05, 3.63) is 23.8 Å². The van der Waals surface area contributed by atoms with E-state index < -0.39 is 0 Å². The van der Waals surface area contributed by atoms with Crippen molar-refractivity contribution in [2.24, 2.45) is 0 Å². The lowest BCUT2D eigenvalue weighted by molar-refractivity contribution is 0.473. The van der Waals surface area contributed by atoms with E-state index in [1.54, 1.807) is 0 Å². The summed E-state index contributed by atoms with van der Waals surface area (Å²) in [4.78, 5) is 2.53. The van der Waals surface area contributed by atoms with Gasteiger partial charge in [0.2, 0.25) is 0 Å². The van der Waals surface area contributed by atoms with Crippen LogP contribution in [0.1, 0.15) is 109 Å². The molecule has 2 heteroatoms. The molecule has 0 aromatic heterocycles. The van der Waals surface area contributed by atoms with Crippen LogP contribution in [-0.4, -0.2) is 18.2 Å². The minimum Gasteiger partial charge on any atom is -0.508 e. The normalized spacial score (nSPS) is 13.7. The lowest BCUT2D eigenvalue weighted by Crippen LogP contribution is -2.30. The van der Waals surface area contributed by atoms with Crippen molar-refractivity contribution in [3.63, 3.8) is 0 Å². The van der Waals surface area contributed by atoms with Crippen LogP contribution in [0.3, 0.4) is 0 Å². The molecule has 1 heterocycles. The van der Waals surface area contributed by atoms with E-state index in [1.165, 1.54) is 121 Å². The van der Waals surface area contributed by atoms with E-state index in [0.717, 1.165) is 6.42 Å². The molecule has 154 valence electrons. The molecule has 0 bridgehead atoms. The van der Waals surface area contributed by atoms with Crippen LogP contribution < -0.4 is 4.90 Å². The Balaban J connectivity index is 1.41. The smallest absolute Gasteiger partial charge is 0.116 e. The maximum atomic E-state index is 9.66. The Kier molecular flexibility index (Phi) is 11.4. The van der Waals surface area contributed by atoms with Gasteiger partial charge < -0.3 is 10.0 Å². The fourth-order valence-corrected chi connectivity index (χ4v) is 4.39. The maximum Gasteiger partial charge on any atom is 0.116 e. The van der Waals surface area contributed by atoms with Gasteiger partial charge in [-0.3, -0.25) is 0 Å². The molecule has 0 amide bonds. The number of aryl methyl sites for hydroxylation is 1. The van der Waals surface area contributed by atoms with Gasteiger partial charge in [0.05, 0.1) is 0 Å². The Bertz CT molecular complexity index is 499. The van der Waals surface area contributed by atoms with Gasteiger partial charge in [-0.2, -0.15) is 0 Å². The van der Waals surface area contributed by atoms with Crippen LogP contribution in [0.25, 0.3) is 0 Å². The zero-order chi connectivity index (χ0) is 19.2. The quantitative estimate of drug-likeness (QED) is 0.319. The zero-order valence-electron chi connectivity index (χ0n) is 17.9. The number of rotatable bonds is 15. The molecular formula is C25H43NO. The van der Waals surface area contributed by atoms with Crippen LogP contribution in [0, 0.1) is 0 Å². The van der Waals surface area contributed by atoms with Gasteiger partial charge in [-0.15, -0.1) is 0 Å². The van der Waals surface area contributed by atoms with Gasteiger partial charge in [-0.1, -0.05) is 90.4 Å². The number of fused-ring (bicyclic) bond motifs is 1. The third kappa shape index (κ3) is 9.04. The molecule has 0 atom stereocenters. The van der Waals surface area contributed by atoms with Crippen molar-refractivity contribution < 1.29 is 5.11 Å². The lowest BCUT2D eigenvalue weighted by atomic mass is 10.0. The Labute approximate surface area is 168 Å². The summed E-state index contributed by atoms with van der Waals surface area (Å²) in [5.74, 6) is 0.409. The highest BCUT2D eigenvalue weighted by atomic mass is 16.3. The molecule has 0 spiro atoms. The van der Waals surface area contributed by atoms with Crippen LogP contribution in [0.2, 0.25) is 0 Å². The molecule has 1 aromatic rings. The first-order valence-corrected chi connectivity index (χ1v) is 11.9. The molecule has 0 aliphatic carbocycles. The summed E-state index contributed by atoms with van der Waals surface area (Å²) >= 11 is 0. The number of aromatic hydroxyl groups is 1. The van der Waals surface area contributed by atoms with Gasteiger partial charge in [-0.25, -0.2) is 0 Å². The zero-order valence-corrected chi connectivity index (χ0v) is 17.9. The number of benzene rings is 1. The third-order valence-electron chi connectivity index (χ3n) is 6.06. The van der Waals surface area contributed by atoms with Crippen molar-refractivity contribution in [2.75, 3.05) is 18.0 Å².